The number of hydrogen-bond donors (Lipinski definition) is 1. The van der Waals surface area contributed by atoms with Gasteiger partial charge in [-0.05, 0) is 68.9 Å². The zero-order valence-electron chi connectivity index (χ0n) is 17.8. The minimum absolute atomic E-state index is 0.0121. The third kappa shape index (κ3) is 3.90. The van der Waals surface area contributed by atoms with E-state index in [9.17, 15) is 9.00 Å². The highest BCUT2D eigenvalue weighted by Gasteiger charge is 2.45. The highest BCUT2D eigenvalue weighted by Crippen LogP contribution is 2.50. The Morgan fingerprint density at radius 1 is 1.13 bits per heavy atom. The number of carbonyl (C=O) groups is 1. The number of nitrogens with one attached hydrogen (secondary N) is 1. The second kappa shape index (κ2) is 8.73. The van der Waals surface area contributed by atoms with Crippen molar-refractivity contribution in [3.8, 4) is 0 Å². The summed E-state index contributed by atoms with van der Waals surface area (Å²) in [6, 6.07) is 13.6. The molecule has 0 radical (unpaired) electrons. The van der Waals surface area contributed by atoms with Crippen molar-refractivity contribution in [3.63, 3.8) is 0 Å². The van der Waals surface area contributed by atoms with Crippen molar-refractivity contribution in [2.45, 2.75) is 42.4 Å². The minimum atomic E-state index is -1.27. The normalized spacial score (nSPS) is 18.5. The lowest BCUT2D eigenvalue weighted by Crippen LogP contribution is -2.38. The minimum Gasteiger partial charge on any atom is -0.330 e. The predicted molar refractivity (Wildman–Crippen MR) is 127 cm³/mol. The fourth-order valence-electron chi connectivity index (χ4n) is 4.79. The van der Waals surface area contributed by atoms with Gasteiger partial charge in [0.1, 0.15) is 11.0 Å². The van der Waals surface area contributed by atoms with Crippen molar-refractivity contribution in [2.24, 2.45) is 0 Å². The van der Waals surface area contributed by atoms with E-state index in [1.807, 2.05) is 29.4 Å². The van der Waals surface area contributed by atoms with Crippen LogP contribution in [0.5, 0.6) is 0 Å². The molecule has 30 heavy (non-hydrogen) atoms. The third-order valence-corrected chi connectivity index (χ3v) is 7.97. The summed E-state index contributed by atoms with van der Waals surface area (Å²) < 4.78 is 17.5. The van der Waals surface area contributed by atoms with Gasteiger partial charge in [0.05, 0.1) is 4.90 Å². The monoisotopic (exact) mass is 443 g/mol. The summed E-state index contributed by atoms with van der Waals surface area (Å²) in [7, 11) is 2.27. The van der Waals surface area contributed by atoms with Gasteiger partial charge >= 0.3 is 0 Å². The molecule has 1 N–H and O–H groups in total. The Morgan fingerprint density at radius 3 is 2.60 bits per heavy atom. The molecule has 1 fully saturated rings. The second-order valence-electron chi connectivity index (χ2n) is 8.36. The number of anilines is 2. The molecular formula is C23H29N3O2S2. The average Bonchev–Trinajstić information content (AvgIpc) is 3.06. The van der Waals surface area contributed by atoms with Crippen LogP contribution in [0.1, 0.15) is 48.0 Å². The molecule has 0 saturated heterocycles. The van der Waals surface area contributed by atoms with Gasteiger partial charge in [0.25, 0.3) is 5.91 Å². The molecule has 1 aliphatic heterocycles. The molecular weight excluding hydrogens is 414 g/mol. The molecule has 2 aromatic rings. The summed E-state index contributed by atoms with van der Waals surface area (Å²) in [5.41, 5.74) is 4.04. The zero-order valence-corrected chi connectivity index (χ0v) is 19.4. The third-order valence-electron chi connectivity index (χ3n) is 6.21. The van der Waals surface area contributed by atoms with Crippen LogP contribution in [-0.2, 0) is 16.4 Å². The molecule has 2 aliphatic rings. The van der Waals surface area contributed by atoms with Crippen LogP contribution >= 0.6 is 11.9 Å². The first-order valence-corrected chi connectivity index (χ1v) is 12.7. The summed E-state index contributed by atoms with van der Waals surface area (Å²) in [4.78, 5) is 16.2. The SMILES string of the molecule is CSNc1ccc2c(c1)C1(CCCCC1)CN2C(=O)c1cccc(S(=O)N(C)C)c1. The Bertz CT molecular complexity index is 971. The van der Waals surface area contributed by atoms with Crippen molar-refractivity contribution < 1.29 is 9.00 Å². The number of nitrogens with zero attached hydrogens (tertiary/aromatic N) is 2. The van der Waals surface area contributed by atoms with Crippen LogP contribution in [0, 0.1) is 0 Å². The van der Waals surface area contributed by atoms with Gasteiger partial charge in [-0.15, -0.1) is 0 Å². The van der Waals surface area contributed by atoms with Crippen LogP contribution in [0.15, 0.2) is 47.4 Å². The number of rotatable bonds is 5. The molecule has 1 spiro atoms. The van der Waals surface area contributed by atoms with E-state index in [1.54, 1.807) is 36.4 Å². The predicted octanol–water partition coefficient (Wildman–Crippen LogP) is 4.82. The van der Waals surface area contributed by atoms with Crippen molar-refractivity contribution in [1.82, 2.24) is 4.31 Å². The van der Waals surface area contributed by atoms with Crippen molar-refractivity contribution in [1.29, 1.82) is 0 Å². The number of carbonyl (C=O) groups excluding carboxylic acids is 1. The van der Waals surface area contributed by atoms with Crippen LogP contribution < -0.4 is 9.62 Å². The average molecular weight is 444 g/mol. The van der Waals surface area contributed by atoms with Crippen molar-refractivity contribution in [2.75, 3.05) is 36.5 Å². The Kier molecular flexibility index (Phi) is 6.23. The number of fused-ring (bicyclic) bond motifs is 2. The molecule has 1 saturated carbocycles. The van der Waals surface area contributed by atoms with Gasteiger partial charge in [0, 0.05) is 35.2 Å². The van der Waals surface area contributed by atoms with E-state index in [2.05, 4.69) is 22.9 Å². The van der Waals surface area contributed by atoms with E-state index in [0.717, 1.165) is 30.8 Å². The highest BCUT2D eigenvalue weighted by molar-refractivity contribution is 7.99. The Morgan fingerprint density at radius 2 is 1.90 bits per heavy atom. The van der Waals surface area contributed by atoms with E-state index in [4.69, 9.17) is 0 Å². The molecule has 5 nitrogen and oxygen atoms in total. The molecule has 4 rings (SSSR count). The Hall–Kier alpha value is -1.83. The molecule has 1 heterocycles. The maximum atomic E-state index is 13.6. The first-order valence-electron chi connectivity index (χ1n) is 10.4. The van der Waals surface area contributed by atoms with Gasteiger partial charge in [0.15, 0.2) is 0 Å². The zero-order chi connectivity index (χ0) is 21.3. The molecule has 7 heteroatoms. The molecule has 1 amide bonds. The number of amides is 1. The lowest BCUT2D eigenvalue weighted by molar-refractivity contribution is 0.0982. The fourth-order valence-corrected chi connectivity index (χ4v) is 6.00. The van der Waals surface area contributed by atoms with Crippen molar-refractivity contribution in [3.05, 3.63) is 53.6 Å². The summed E-state index contributed by atoms with van der Waals surface area (Å²) >= 11 is 1.58. The highest BCUT2D eigenvalue weighted by atomic mass is 32.2. The Balaban J connectivity index is 1.71. The maximum absolute atomic E-state index is 13.6. The van der Waals surface area contributed by atoms with E-state index in [0.29, 0.717) is 10.5 Å². The van der Waals surface area contributed by atoms with Crippen LogP contribution in [0.3, 0.4) is 0 Å². The second-order valence-corrected chi connectivity index (χ2v) is 10.7. The molecule has 1 unspecified atom stereocenters. The summed E-state index contributed by atoms with van der Waals surface area (Å²) in [6.07, 6.45) is 7.95. The van der Waals surface area contributed by atoms with E-state index < -0.39 is 11.0 Å². The quantitative estimate of drug-likeness (QED) is 0.673. The molecule has 2 aromatic carbocycles. The largest absolute Gasteiger partial charge is 0.330 e. The molecule has 160 valence electrons. The van der Waals surface area contributed by atoms with Gasteiger partial charge in [-0.3, -0.25) is 4.79 Å². The lowest BCUT2D eigenvalue weighted by Gasteiger charge is -2.34. The first kappa shape index (κ1) is 21.4. The smallest absolute Gasteiger partial charge is 0.258 e. The first-order chi connectivity index (χ1) is 14.4. The van der Waals surface area contributed by atoms with Crippen LogP contribution in [-0.4, -0.2) is 41.3 Å². The van der Waals surface area contributed by atoms with Crippen LogP contribution in [0.2, 0.25) is 0 Å². The summed E-state index contributed by atoms with van der Waals surface area (Å²) in [5.74, 6) is -0.0121. The van der Waals surface area contributed by atoms with Crippen LogP contribution in [0.25, 0.3) is 0 Å². The van der Waals surface area contributed by atoms with E-state index >= 15 is 0 Å². The van der Waals surface area contributed by atoms with Gasteiger partial charge < -0.3 is 9.62 Å². The molecule has 1 atom stereocenters. The van der Waals surface area contributed by atoms with Gasteiger partial charge in [-0.1, -0.05) is 37.3 Å². The number of hydrogen-bond acceptors (Lipinski definition) is 4. The lowest BCUT2D eigenvalue weighted by atomic mass is 9.70. The standard InChI is InChI=1S/C23H29N3O2S2/c1-25(2)30(28)19-9-7-8-17(14-19)22(27)26-16-23(12-5-4-6-13-23)20-15-18(24-29-3)10-11-21(20)26/h7-11,14-15,24H,4-6,12-13,16H2,1-3H3. The fraction of sp³-hybridized carbons (Fsp3) is 0.435. The summed E-state index contributed by atoms with van der Waals surface area (Å²) in [5, 5.41) is 0. The van der Waals surface area contributed by atoms with Crippen LogP contribution in [0.4, 0.5) is 11.4 Å². The van der Waals surface area contributed by atoms with Crippen molar-refractivity contribution >= 4 is 40.2 Å². The number of benzene rings is 2. The van der Waals surface area contributed by atoms with E-state index in [1.165, 1.54) is 24.8 Å². The van der Waals surface area contributed by atoms with Gasteiger partial charge in [-0.25, -0.2) is 8.51 Å². The molecule has 0 bridgehead atoms. The van der Waals surface area contributed by atoms with E-state index in [-0.39, 0.29) is 11.3 Å². The molecule has 0 aromatic heterocycles. The van der Waals surface area contributed by atoms with Gasteiger partial charge in [-0.2, -0.15) is 0 Å². The Labute approximate surface area is 185 Å². The van der Waals surface area contributed by atoms with Gasteiger partial charge in [0.2, 0.25) is 0 Å². The maximum Gasteiger partial charge on any atom is 0.258 e. The summed E-state index contributed by atoms with van der Waals surface area (Å²) in [6.45, 7) is 0.727. The topological polar surface area (TPSA) is 52.7 Å². The molecule has 1 aliphatic carbocycles.